The van der Waals surface area contributed by atoms with Gasteiger partial charge in [-0.2, -0.15) is 0 Å². The van der Waals surface area contributed by atoms with Crippen molar-refractivity contribution >= 4 is 43.9 Å². The molecule has 2 aromatic heterocycles. The molecule has 312 valence electrons. The summed E-state index contributed by atoms with van der Waals surface area (Å²) in [6.45, 7) is 9.57. The van der Waals surface area contributed by atoms with E-state index in [4.69, 9.17) is 8.83 Å². The van der Waals surface area contributed by atoms with Crippen molar-refractivity contribution in [2.75, 3.05) is 0 Å². The predicted octanol–water partition coefficient (Wildman–Crippen LogP) is 17.2. The Hall–Kier alpha value is -7.42. The van der Waals surface area contributed by atoms with Gasteiger partial charge in [-0.1, -0.05) is 185 Å². The first kappa shape index (κ1) is 38.1. The number of hydrogen-bond donors (Lipinski definition) is 0. The third kappa shape index (κ3) is 5.79. The molecule has 11 aromatic rings. The number of furan rings is 2. The summed E-state index contributed by atoms with van der Waals surface area (Å²) in [6, 6.07) is 69.7. The van der Waals surface area contributed by atoms with Crippen molar-refractivity contribution in [1.82, 2.24) is 0 Å². The molecule has 2 nitrogen and oxygen atoms in total. The molecule has 1 unspecified atom stereocenters. The molecule has 0 saturated heterocycles. The minimum atomic E-state index is -0.137. The molecule has 0 saturated carbocycles. The van der Waals surface area contributed by atoms with Crippen molar-refractivity contribution in [3.05, 3.63) is 227 Å². The fourth-order valence-corrected chi connectivity index (χ4v) is 11.7. The number of aryl methyl sites for hydroxylation is 1. The molecule has 0 fully saturated rings. The van der Waals surface area contributed by atoms with E-state index >= 15 is 0 Å². The highest BCUT2D eigenvalue weighted by atomic mass is 16.3. The Morgan fingerprint density at radius 2 is 0.908 bits per heavy atom. The maximum absolute atomic E-state index is 6.48. The van der Waals surface area contributed by atoms with Crippen LogP contribution in [0.25, 0.3) is 88.4 Å². The zero-order valence-corrected chi connectivity index (χ0v) is 37.2. The molecule has 0 radical (unpaired) electrons. The SMILES string of the molecule is CC1(C)c2cc(CCC(c3ccc(-c4cccc5c4oc4ccccc45)cc3)c3ccc4c(c3)C(C)(C)c3ccccc3-4)ccc2-c2ccc(-c3ccc4oc5ccccc5c4c3)cc21. The summed E-state index contributed by atoms with van der Waals surface area (Å²) < 4.78 is 12.6. The lowest BCUT2D eigenvalue weighted by atomic mass is 9.79. The number of hydrogen-bond acceptors (Lipinski definition) is 2. The van der Waals surface area contributed by atoms with Crippen molar-refractivity contribution < 1.29 is 8.83 Å². The largest absolute Gasteiger partial charge is 0.456 e. The van der Waals surface area contributed by atoms with Crippen LogP contribution in [-0.2, 0) is 17.3 Å². The quantitative estimate of drug-likeness (QED) is 0.160. The number of fused-ring (bicyclic) bond motifs is 12. The summed E-state index contributed by atoms with van der Waals surface area (Å²) in [6.07, 6.45) is 1.96. The van der Waals surface area contributed by atoms with Gasteiger partial charge in [0.25, 0.3) is 0 Å². The van der Waals surface area contributed by atoms with Crippen molar-refractivity contribution in [2.24, 2.45) is 0 Å². The molecule has 13 rings (SSSR count). The highest BCUT2D eigenvalue weighted by Crippen LogP contribution is 2.52. The monoisotopic (exact) mass is 836 g/mol. The van der Waals surface area contributed by atoms with E-state index in [0.29, 0.717) is 0 Å². The third-order valence-corrected chi connectivity index (χ3v) is 15.2. The van der Waals surface area contributed by atoms with Crippen LogP contribution in [0.4, 0.5) is 0 Å². The summed E-state index contributed by atoms with van der Waals surface area (Å²) in [7, 11) is 0. The van der Waals surface area contributed by atoms with Gasteiger partial charge in [-0.3, -0.25) is 0 Å². The van der Waals surface area contributed by atoms with E-state index < -0.39 is 0 Å². The number of rotatable bonds is 7. The Morgan fingerprint density at radius 1 is 0.369 bits per heavy atom. The second kappa shape index (κ2) is 14.0. The topological polar surface area (TPSA) is 26.3 Å². The molecule has 2 heterocycles. The van der Waals surface area contributed by atoms with Gasteiger partial charge in [-0.15, -0.1) is 0 Å². The maximum atomic E-state index is 6.48. The molecule has 9 aromatic carbocycles. The Morgan fingerprint density at radius 3 is 1.72 bits per heavy atom. The van der Waals surface area contributed by atoms with Gasteiger partial charge >= 0.3 is 0 Å². The summed E-state index contributed by atoms with van der Waals surface area (Å²) in [4.78, 5) is 0. The van der Waals surface area contributed by atoms with E-state index in [-0.39, 0.29) is 16.7 Å². The summed E-state index contributed by atoms with van der Waals surface area (Å²) >= 11 is 0. The maximum Gasteiger partial charge on any atom is 0.143 e. The van der Waals surface area contributed by atoms with Gasteiger partial charge in [0.1, 0.15) is 22.3 Å². The molecule has 1 atom stereocenters. The Kier molecular flexibility index (Phi) is 8.22. The van der Waals surface area contributed by atoms with Crippen LogP contribution in [0.2, 0.25) is 0 Å². The van der Waals surface area contributed by atoms with Gasteiger partial charge in [0.05, 0.1) is 0 Å². The summed E-state index contributed by atoms with van der Waals surface area (Å²) in [5.74, 6) is 0.210. The molecular weight excluding hydrogens is 789 g/mol. The first-order valence-electron chi connectivity index (χ1n) is 23.2. The molecule has 0 bridgehead atoms. The Labute approximate surface area is 379 Å². The van der Waals surface area contributed by atoms with Gasteiger partial charge in [0.2, 0.25) is 0 Å². The van der Waals surface area contributed by atoms with Crippen LogP contribution in [-0.4, -0.2) is 0 Å². The van der Waals surface area contributed by atoms with Crippen molar-refractivity contribution in [3.63, 3.8) is 0 Å². The number of para-hydroxylation sites is 3. The zero-order valence-electron chi connectivity index (χ0n) is 37.2. The Balaban J connectivity index is 0.841. The predicted molar refractivity (Wildman–Crippen MR) is 270 cm³/mol. The van der Waals surface area contributed by atoms with E-state index in [1.54, 1.807) is 0 Å². The smallest absolute Gasteiger partial charge is 0.143 e. The standard InChI is InChI=1S/C63H48O2/c1-62(2)54-17-8-5-12-46(54)48-32-27-43(37-57(48)62)44(39-22-24-40(25-23-39)45-15-11-16-52-50-13-6-10-19-59(50)65-61(45)52)29-20-38-21-30-47-49-31-26-42(36-56(49)63(3,4)55(47)34-38)41-28-33-60-53(35-41)51-14-7-9-18-58(51)64-60/h5-19,21-28,30-37,44H,20,29H2,1-4H3. The van der Waals surface area contributed by atoms with E-state index in [0.717, 1.165) is 62.3 Å². The fourth-order valence-electron chi connectivity index (χ4n) is 11.7. The van der Waals surface area contributed by atoms with Crippen LogP contribution >= 0.6 is 0 Å². The lowest BCUT2D eigenvalue weighted by Crippen LogP contribution is -2.16. The highest BCUT2D eigenvalue weighted by Gasteiger charge is 2.37. The molecule has 0 aliphatic heterocycles. The first-order chi connectivity index (χ1) is 31.7. The van der Waals surface area contributed by atoms with Crippen LogP contribution in [0.5, 0.6) is 0 Å². The molecule has 0 N–H and O–H groups in total. The van der Waals surface area contributed by atoms with Crippen LogP contribution in [0.1, 0.15) is 79.0 Å². The molecule has 0 amide bonds. The summed E-state index contributed by atoms with van der Waals surface area (Å²) in [5, 5.41) is 4.63. The molecule has 2 heteroatoms. The van der Waals surface area contributed by atoms with Crippen molar-refractivity contribution in [1.29, 1.82) is 0 Å². The van der Waals surface area contributed by atoms with E-state index in [2.05, 4.69) is 198 Å². The second-order valence-electron chi connectivity index (χ2n) is 19.5. The minimum Gasteiger partial charge on any atom is -0.456 e. The van der Waals surface area contributed by atoms with Crippen molar-refractivity contribution in [3.8, 4) is 44.5 Å². The lowest BCUT2D eigenvalue weighted by Gasteiger charge is -2.25. The number of benzene rings is 9. The van der Waals surface area contributed by atoms with Crippen molar-refractivity contribution in [2.45, 2.75) is 57.3 Å². The minimum absolute atomic E-state index is 0.0670. The van der Waals surface area contributed by atoms with E-state index in [9.17, 15) is 0 Å². The van der Waals surface area contributed by atoms with Crippen LogP contribution < -0.4 is 0 Å². The first-order valence-corrected chi connectivity index (χ1v) is 23.2. The average Bonchev–Trinajstić information content (AvgIpc) is 4.04. The average molecular weight is 837 g/mol. The second-order valence-corrected chi connectivity index (χ2v) is 19.5. The van der Waals surface area contributed by atoms with Gasteiger partial charge in [0, 0.05) is 43.9 Å². The van der Waals surface area contributed by atoms with Gasteiger partial charge in [-0.05, 0) is 121 Å². The Bertz CT molecular complexity index is 3720. The fraction of sp³-hybridized carbons (Fsp3) is 0.143. The molecule has 2 aliphatic rings. The highest BCUT2D eigenvalue weighted by molar-refractivity contribution is 6.09. The van der Waals surface area contributed by atoms with Crippen LogP contribution in [0.15, 0.2) is 197 Å². The third-order valence-electron chi connectivity index (χ3n) is 15.2. The van der Waals surface area contributed by atoms with Crippen LogP contribution in [0.3, 0.4) is 0 Å². The molecular formula is C63H48O2. The normalized spacial score (nSPS) is 14.8. The molecule has 65 heavy (non-hydrogen) atoms. The lowest BCUT2D eigenvalue weighted by molar-refractivity contribution is 0.652. The van der Waals surface area contributed by atoms with Gasteiger partial charge < -0.3 is 8.83 Å². The molecule has 2 aliphatic carbocycles. The summed E-state index contributed by atoms with van der Waals surface area (Å²) in [5.41, 5.74) is 23.4. The van der Waals surface area contributed by atoms with Gasteiger partial charge in [0.15, 0.2) is 0 Å². The molecule has 0 spiro atoms. The van der Waals surface area contributed by atoms with E-state index in [1.165, 1.54) is 77.9 Å². The zero-order chi connectivity index (χ0) is 43.6. The van der Waals surface area contributed by atoms with Gasteiger partial charge in [-0.25, -0.2) is 0 Å². The van der Waals surface area contributed by atoms with Crippen LogP contribution in [0, 0.1) is 0 Å². The van der Waals surface area contributed by atoms with E-state index in [1.807, 2.05) is 18.2 Å².